The van der Waals surface area contributed by atoms with Crippen LogP contribution in [0.3, 0.4) is 0 Å². The van der Waals surface area contributed by atoms with E-state index < -0.39 is 24.9 Å². The van der Waals surface area contributed by atoms with Crippen LogP contribution in [0.1, 0.15) is 18.5 Å². The molecule has 0 radical (unpaired) electrons. The summed E-state index contributed by atoms with van der Waals surface area (Å²) in [5, 5.41) is 15.8. The third-order valence-corrected chi connectivity index (χ3v) is 5.00. The molecule has 0 amide bonds. The Kier molecular flexibility index (Phi) is 6.89. The number of halogens is 5. The van der Waals surface area contributed by atoms with Gasteiger partial charge in [-0.3, -0.25) is 4.98 Å². The molecule has 1 saturated heterocycles. The maximum absolute atomic E-state index is 13.2. The van der Waals surface area contributed by atoms with Crippen LogP contribution in [0, 0.1) is 5.82 Å². The van der Waals surface area contributed by atoms with Crippen molar-refractivity contribution in [2.24, 2.45) is 0 Å². The number of nitrogens with one attached hydrogen (secondary N) is 2. The summed E-state index contributed by atoms with van der Waals surface area (Å²) in [5.74, 6) is 0.601. The second kappa shape index (κ2) is 9.32. The number of nitrogens with zero attached hydrogens (tertiary/aromatic N) is 5. The molecule has 3 aromatic rings. The molecule has 13 heteroatoms. The lowest BCUT2D eigenvalue weighted by molar-refractivity contribution is -0.267. The van der Waals surface area contributed by atoms with Crippen molar-refractivity contribution < 1.29 is 22.7 Å². The van der Waals surface area contributed by atoms with Gasteiger partial charge in [0.15, 0.2) is 5.60 Å². The van der Waals surface area contributed by atoms with E-state index in [9.17, 15) is 22.7 Å². The molecule has 1 fully saturated rings. The van der Waals surface area contributed by atoms with Crippen molar-refractivity contribution in [3.05, 3.63) is 60.3 Å². The molecule has 4 rings (SSSR count). The zero-order valence-electron chi connectivity index (χ0n) is 17.2. The summed E-state index contributed by atoms with van der Waals surface area (Å²) < 4.78 is 52.3. The Morgan fingerprint density at radius 1 is 1.09 bits per heavy atom. The zero-order valence-corrected chi connectivity index (χ0v) is 18.0. The van der Waals surface area contributed by atoms with E-state index in [1.165, 1.54) is 41.7 Å². The molecule has 1 atom stereocenters. The molecule has 176 valence electrons. The van der Waals surface area contributed by atoms with Gasteiger partial charge in [-0.15, -0.1) is 12.4 Å². The van der Waals surface area contributed by atoms with Crippen molar-refractivity contribution >= 4 is 35.8 Å². The molecular weight excluding hydrogens is 466 g/mol. The first-order valence-electron chi connectivity index (χ1n) is 9.61. The van der Waals surface area contributed by atoms with E-state index in [0.29, 0.717) is 5.82 Å². The number of hydrogen-bond acceptors (Lipinski definition) is 8. The molecule has 0 saturated carbocycles. The van der Waals surface area contributed by atoms with Crippen molar-refractivity contribution in [3.63, 3.8) is 0 Å². The molecule has 1 aliphatic heterocycles. The average Bonchev–Trinajstić information content (AvgIpc) is 2.71. The van der Waals surface area contributed by atoms with Crippen LogP contribution in [-0.4, -0.2) is 49.9 Å². The summed E-state index contributed by atoms with van der Waals surface area (Å²) in [6, 6.07) is 6.99. The molecule has 3 N–H and O–H groups in total. The van der Waals surface area contributed by atoms with E-state index in [1.54, 1.807) is 12.1 Å². The van der Waals surface area contributed by atoms with Crippen LogP contribution < -0.4 is 15.5 Å². The zero-order chi connectivity index (χ0) is 22.9. The van der Waals surface area contributed by atoms with Crippen LogP contribution in [0.4, 0.5) is 41.0 Å². The summed E-state index contributed by atoms with van der Waals surface area (Å²) in [5.41, 5.74) is -2.02. The second-order valence-corrected chi connectivity index (χ2v) is 7.45. The average molecular weight is 486 g/mol. The molecule has 0 unspecified atom stereocenters. The van der Waals surface area contributed by atoms with E-state index in [0.717, 1.165) is 5.56 Å². The maximum Gasteiger partial charge on any atom is 0.420 e. The van der Waals surface area contributed by atoms with E-state index in [1.807, 2.05) is 6.92 Å². The Morgan fingerprint density at radius 2 is 1.79 bits per heavy atom. The van der Waals surface area contributed by atoms with Crippen LogP contribution in [0.2, 0.25) is 0 Å². The first-order valence-corrected chi connectivity index (χ1v) is 9.61. The van der Waals surface area contributed by atoms with E-state index in [-0.39, 0.29) is 41.9 Å². The second-order valence-electron chi connectivity index (χ2n) is 7.45. The summed E-state index contributed by atoms with van der Waals surface area (Å²) in [4.78, 5) is 18.0. The molecule has 8 nitrogen and oxygen atoms in total. The van der Waals surface area contributed by atoms with Crippen LogP contribution in [0.25, 0.3) is 0 Å². The fourth-order valence-electron chi connectivity index (χ4n) is 3.17. The molecule has 1 aliphatic rings. The normalized spacial score (nSPS) is 15.8. The van der Waals surface area contributed by atoms with E-state index in [2.05, 4.69) is 30.6 Å². The lowest BCUT2D eigenvalue weighted by Gasteiger charge is -2.47. The van der Waals surface area contributed by atoms with E-state index in [4.69, 9.17) is 0 Å². The predicted octanol–water partition coefficient (Wildman–Crippen LogP) is 3.86. The SMILES string of the molecule is C[C@H](Nc1nc(Nc2cnccn2)cc(N2CC(O)(C(F)(F)F)C2)n1)c1ccc(F)cc1.Cl. The van der Waals surface area contributed by atoms with Crippen LogP contribution >= 0.6 is 12.4 Å². The Balaban J connectivity index is 0.00000306. The summed E-state index contributed by atoms with van der Waals surface area (Å²) in [7, 11) is 0. The molecule has 2 aromatic heterocycles. The number of anilines is 4. The van der Waals surface area contributed by atoms with Gasteiger partial charge >= 0.3 is 6.18 Å². The van der Waals surface area contributed by atoms with Crippen molar-refractivity contribution in [2.45, 2.75) is 24.7 Å². The number of alkyl halides is 3. The van der Waals surface area contributed by atoms with Crippen molar-refractivity contribution in [1.29, 1.82) is 0 Å². The standard InChI is InChI=1S/C20H19F4N7O.ClH/c1-12(13-2-4-14(21)5-3-13)27-18-29-15(28-16-9-25-6-7-26-16)8-17(30-18)31-10-19(32,11-31)20(22,23)24;/h2-9,12,32H,10-11H2,1H3,(H2,26,27,28,29,30);1H/t12-;/m0./s1. The highest BCUT2D eigenvalue weighted by Crippen LogP contribution is 2.40. The topological polar surface area (TPSA) is 99.1 Å². The van der Waals surface area contributed by atoms with E-state index >= 15 is 0 Å². The number of aliphatic hydroxyl groups is 1. The molecular formula is C20H20ClF4N7O. The number of benzene rings is 1. The van der Waals surface area contributed by atoms with Gasteiger partial charge < -0.3 is 20.6 Å². The van der Waals surface area contributed by atoms with Crippen LogP contribution in [0.15, 0.2) is 48.9 Å². The minimum absolute atomic E-state index is 0. The molecule has 0 bridgehead atoms. The van der Waals surface area contributed by atoms with Crippen molar-refractivity contribution in [1.82, 2.24) is 19.9 Å². The first kappa shape index (κ1) is 24.4. The highest BCUT2D eigenvalue weighted by Gasteiger charge is 2.61. The molecule has 0 spiro atoms. The number of aromatic nitrogens is 4. The number of β-amino-alcohol motifs (C(OH)–C–C–N with tert-alkyl or cyclic N) is 1. The molecule has 3 heterocycles. The summed E-state index contributed by atoms with van der Waals surface area (Å²) in [6.45, 7) is 0.515. The monoisotopic (exact) mass is 485 g/mol. The van der Waals surface area contributed by atoms with Crippen molar-refractivity contribution in [3.8, 4) is 0 Å². The van der Waals surface area contributed by atoms with Gasteiger partial charge in [0.25, 0.3) is 0 Å². The van der Waals surface area contributed by atoms with Gasteiger partial charge in [0.2, 0.25) is 5.95 Å². The van der Waals surface area contributed by atoms with Crippen molar-refractivity contribution in [2.75, 3.05) is 28.6 Å². The summed E-state index contributed by atoms with van der Waals surface area (Å²) in [6.07, 6.45) is -0.317. The highest BCUT2D eigenvalue weighted by atomic mass is 35.5. The summed E-state index contributed by atoms with van der Waals surface area (Å²) >= 11 is 0. The number of hydrogen-bond donors (Lipinski definition) is 3. The fraction of sp³-hybridized carbons (Fsp3) is 0.300. The highest BCUT2D eigenvalue weighted by molar-refractivity contribution is 5.85. The predicted molar refractivity (Wildman–Crippen MR) is 116 cm³/mol. The Hall–Kier alpha value is -3.25. The molecule has 1 aromatic carbocycles. The minimum Gasteiger partial charge on any atom is -0.378 e. The maximum atomic E-state index is 13.2. The first-order chi connectivity index (χ1) is 15.1. The van der Waals surface area contributed by atoms with Gasteiger partial charge in [-0.2, -0.15) is 23.1 Å². The minimum atomic E-state index is -4.74. The quantitative estimate of drug-likeness (QED) is 0.453. The van der Waals surface area contributed by atoms with Gasteiger partial charge in [0.1, 0.15) is 23.3 Å². The van der Waals surface area contributed by atoms with Gasteiger partial charge in [0, 0.05) is 18.5 Å². The molecule has 0 aliphatic carbocycles. The van der Waals surface area contributed by atoms with Crippen LogP contribution in [0.5, 0.6) is 0 Å². The van der Waals surface area contributed by atoms with Gasteiger partial charge in [0.05, 0.1) is 25.3 Å². The Bertz CT molecular complexity index is 1080. The van der Waals surface area contributed by atoms with Gasteiger partial charge in [-0.05, 0) is 24.6 Å². The van der Waals surface area contributed by atoms with Gasteiger partial charge in [-0.25, -0.2) is 9.37 Å². The Morgan fingerprint density at radius 3 is 2.39 bits per heavy atom. The molecule has 33 heavy (non-hydrogen) atoms. The largest absolute Gasteiger partial charge is 0.420 e. The Labute approximate surface area is 192 Å². The van der Waals surface area contributed by atoms with Crippen LogP contribution in [-0.2, 0) is 0 Å². The smallest absolute Gasteiger partial charge is 0.378 e. The fourth-order valence-corrected chi connectivity index (χ4v) is 3.17. The lowest BCUT2D eigenvalue weighted by Crippen LogP contribution is -2.69. The number of rotatable bonds is 6. The third kappa shape index (κ3) is 5.40. The third-order valence-electron chi connectivity index (χ3n) is 5.00. The van der Waals surface area contributed by atoms with Gasteiger partial charge in [-0.1, -0.05) is 12.1 Å². The lowest BCUT2D eigenvalue weighted by atomic mass is 9.93.